The maximum Gasteiger partial charge on any atom is 0.251 e. The summed E-state index contributed by atoms with van der Waals surface area (Å²) >= 11 is 0. The molecule has 0 amide bonds. The minimum Gasteiger partial charge on any atom is -0.490 e. The molecule has 0 radical (unpaired) electrons. The van der Waals surface area contributed by atoms with E-state index in [4.69, 9.17) is 4.74 Å². The molecular formula is C16H16N2O2. The molecule has 0 bridgehead atoms. The summed E-state index contributed by atoms with van der Waals surface area (Å²) in [6.07, 6.45) is 4.96. The van der Waals surface area contributed by atoms with E-state index in [2.05, 4.69) is 9.97 Å². The lowest BCUT2D eigenvalue weighted by atomic mass is 10.1. The first-order valence-corrected chi connectivity index (χ1v) is 7.16. The number of hydrogen-bond acceptors (Lipinski definition) is 3. The van der Waals surface area contributed by atoms with Crippen LogP contribution >= 0.6 is 0 Å². The zero-order chi connectivity index (χ0) is 13.5. The molecular weight excluding hydrogens is 252 g/mol. The second-order valence-corrected chi connectivity index (χ2v) is 5.63. The van der Waals surface area contributed by atoms with Gasteiger partial charge >= 0.3 is 0 Å². The zero-order valence-corrected chi connectivity index (χ0v) is 11.1. The van der Waals surface area contributed by atoms with Crippen LogP contribution in [0.3, 0.4) is 0 Å². The summed E-state index contributed by atoms with van der Waals surface area (Å²) < 4.78 is 5.72. The Morgan fingerprint density at radius 2 is 1.85 bits per heavy atom. The molecule has 2 aliphatic rings. The average molecular weight is 268 g/mol. The quantitative estimate of drug-likeness (QED) is 0.927. The van der Waals surface area contributed by atoms with Crippen molar-refractivity contribution in [1.29, 1.82) is 0 Å². The van der Waals surface area contributed by atoms with E-state index in [1.807, 2.05) is 24.3 Å². The van der Waals surface area contributed by atoms with Gasteiger partial charge in [0.05, 0.1) is 11.8 Å². The van der Waals surface area contributed by atoms with E-state index in [9.17, 15) is 4.79 Å². The SMILES string of the molecule is O=c1cc(-c2ccc(OC3CC3)cc2)nc(C2CC2)[nH]1. The molecule has 2 aliphatic carbocycles. The van der Waals surface area contributed by atoms with Gasteiger partial charge in [-0.25, -0.2) is 4.98 Å². The average Bonchev–Trinajstić information content (AvgIpc) is 3.33. The molecule has 0 unspecified atom stereocenters. The minimum absolute atomic E-state index is 0.0739. The normalized spacial score (nSPS) is 18.0. The van der Waals surface area contributed by atoms with E-state index < -0.39 is 0 Å². The van der Waals surface area contributed by atoms with Crippen molar-refractivity contribution in [3.05, 3.63) is 46.5 Å². The number of nitrogens with zero attached hydrogens (tertiary/aromatic N) is 1. The van der Waals surface area contributed by atoms with Crippen molar-refractivity contribution in [2.24, 2.45) is 0 Å². The number of benzene rings is 1. The van der Waals surface area contributed by atoms with E-state index in [-0.39, 0.29) is 5.56 Å². The molecule has 2 aromatic rings. The number of aromatic amines is 1. The summed E-state index contributed by atoms with van der Waals surface area (Å²) in [4.78, 5) is 19.1. The Kier molecular flexibility index (Phi) is 2.62. The Bertz CT molecular complexity index is 682. The second-order valence-electron chi connectivity index (χ2n) is 5.63. The van der Waals surface area contributed by atoms with Crippen molar-refractivity contribution in [2.45, 2.75) is 37.7 Å². The van der Waals surface area contributed by atoms with Gasteiger partial charge in [-0.15, -0.1) is 0 Å². The molecule has 1 N–H and O–H groups in total. The fraction of sp³-hybridized carbons (Fsp3) is 0.375. The van der Waals surface area contributed by atoms with Crippen LogP contribution in [0.1, 0.15) is 37.4 Å². The third kappa shape index (κ3) is 2.46. The lowest BCUT2D eigenvalue weighted by Gasteiger charge is -2.06. The monoisotopic (exact) mass is 268 g/mol. The van der Waals surface area contributed by atoms with Crippen molar-refractivity contribution in [2.75, 3.05) is 0 Å². The van der Waals surface area contributed by atoms with Gasteiger partial charge in [0, 0.05) is 17.5 Å². The topological polar surface area (TPSA) is 55.0 Å². The first-order chi connectivity index (χ1) is 9.78. The third-order valence-corrected chi connectivity index (χ3v) is 3.70. The highest BCUT2D eigenvalue weighted by Gasteiger charge is 2.26. The van der Waals surface area contributed by atoms with Gasteiger partial charge < -0.3 is 9.72 Å². The van der Waals surface area contributed by atoms with E-state index in [1.54, 1.807) is 6.07 Å². The van der Waals surface area contributed by atoms with E-state index in [0.717, 1.165) is 48.5 Å². The molecule has 4 nitrogen and oxygen atoms in total. The van der Waals surface area contributed by atoms with Crippen LogP contribution in [0.4, 0.5) is 0 Å². The maximum absolute atomic E-state index is 11.7. The molecule has 2 saturated carbocycles. The fourth-order valence-corrected chi connectivity index (χ4v) is 2.26. The Labute approximate surface area is 116 Å². The van der Waals surface area contributed by atoms with Crippen LogP contribution in [0, 0.1) is 0 Å². The van der Waals surface area contributed by atoms with E-state index in [0.29, 0.717) is 12.0 Å². The molecule has 2 fully saturated rings. The lowest BCUT2D eigenvalue weighted by molar-refractivity contribution is 0.303. The molecule has 1 aromatic heterocycles. The number of ether oxygens (including phenoxy) is 1. The Morgan fingerprint density at radius 1 is 1.10 bits per heavy atom. The number of hydrogen-bond donors (Lipinski definition) is 1. The predicted molar refractivity (Wildman–Crippen MR) is 75.9 cm³/mol. The molecule has 102 valence electrons. The van der Waals surface area contributed by atoms with Gasteiger partial charge in [0.1, 0.15) is 11.6 Å². The predicted octanol–water partition coefficient (Wildman–Crippen LogP) is 2.86. The molecule has 4 rings (SSSR count). The number of aromatic nitrogens is 2. The van der Waals surface area contributed by atoms with Crippen molar-refractivity contribution >= 4 is 0 Å². The van der Waals surface area contributed by atoms with Gasteiger partial charge in [0.25, 0.3) is 5.56 Å². The Balaban J connectivity index is 1.63. The first kappa shape index (κ1) is 11.7. The zero-order valence-electron chi connectivity index (χ0n) is 11.1. The maximum atomic E-state index is 11.7. The fourth-order valence-electron chi connectivity index (χ4n) is 2.26. The highest BCUT2D eigenvalue weighted by Crippen LogP contribution is 2.38. The molecule has 0 aliphatic heterocycles. The molecule has 1 heterocycles. The van der Waals surface area contributed by atoms with Gasteiger partial charge in [-0.3, -0.25) is 4.79 Å². The number of H-pyrrole nitrogens is 1. The summed E-state index contributed by atoms with van der Waals surface area (Å²) in [7, 11) is 0. The molecule has 0 atom stereocenters. The molecule has 20 heavy (non-hydrogen) atoms. The number of nitrogens with one attached hydrogen (secondary N) is 1. The molecule has 0 saturated heterocycles. The van der Waals surface area contributed by atoms with Crippen LogP contribution in [0.25, 0.3) is 11.3 Å². The van der Waals surface area contributed by atoms with Crippen LogP contribution in [0.2, 0.25) is 0 Å². The van der Waals surface area contributed by atoms with Crippen LogP contribution in [0.15, 0.2) is 35.1 Å². The third-order valence-electron chi connectivity index (χ3n) is 3.70. The van der Waals surface area contributed by atoms with Crippen molar-refractivity contribution in [3.63, 3.8) is 0 Å². The molecule has 0 spiro atoms. The molecule has 1 aromatic carbocycles. The largest absolute Gasteiger partial charge is 0.490 e. The van der Waals surface area contributed by atoms with Crippen molar-refractivity contribution in [3.8, 4) is 17.0 Å². The van der Waals surface area contributed by atoms with Gasteiger partial charge in [0.15, 0.2) is 0 Å². The van der Waals surface area contributed by atoms with Gasteiger partial charge in [-0.1, -0.05) is 0 Å². The summed E-state index contributed by atoms with van der Waals surface area (Å²) in [6.45, 7) is 0. The summed E-state index contributed by atoms with van der Waals surface area (Å²) in [5.41, 5.74) is 1.63. The summed E-state index contributed by atoms with van der Waals surface area (Å²) in [5.74, 6) is 2.16. The summed E-state index contributed by atoms with van der Waals surface area (Å²) in [5, 5.41) is 0. The van der Waals surface area contributed by atoms with E-state index >= 15 is 0 Å². The van der Waals surface area contributed by atoms with Gasteiger partial charge in [-0.2, -0.15) is 0 Å². The van der Waals surface area contributed by atoms with Crippen LogP contribution in [0.5, 0.6) is 5.75 Å². The standard InChI is InChI=1S/C16H16N2O2/c19-15-9-14(17-16(18-15)11-1-2-11)10-3-5-12(6-4-10)20-13-7-8-13/h3-6,9,11,13H,1-2,7-8H2,(H,17,18,19). The minimum atomic E-state index is -0.0739. The van der Waals surface area contributed by atoms with Crippen LogP contribution < -0.4 is 10.3 Å². The van der Waals surface area contributed by atoms with E-state index in [1.165, 1.54) is 0 Å². The van der Waals surface area contributed by atoms with Gasteiger partial charge in [0.2, 0.25) is 0 Å². The van der Waals surface area contributed by atoms with Gasteiger partial charge in [-0.05, 0) is 49.9 Å². The lowest BCUT2D eigenvalue weighted by Crippen LogP contribution is -2.10. The highest BCUT2D eigenvalue weighted by atomic mass is 16.5. The van der Waals surface area contributed by atoms with Crippen LogP contribution in [-0.2, 0) is 0 Å². The Morgan fingerprint density at radius 3 is 2.50 bits per heavy atom. The van der Waals surface area contributed by atoms with Crippen molar-refractivity contribution < 1.29 is 4.74 Å². The van der Waals surface area contributed by atoms with Crippen molar-refractivity contribution in [1.82, 2.24) is 9.97 Å². The number of rotatable bonds is 4. The second kappa shape index (κ2) is 4.47. The van der Waals surface area contributed by atoms with Crippen LogP contribution in [-0.4, -0.2) is 16.1 Å². The first-order valence-electron chi connectivity index (χ1n) is 7.16. The smallest absolute Gasteiger partial charge is 0.251 e. The molecule has 4 heteroatoms. The highest BCUT2D eigenvalue weighted by molar-refractivity contribution is 5.59. The summed E-state index contributed by atoms with van der Waals surface area (Å²) in [6, 6.07) is 9.40. The Hall–Kier alpha value is -2.10.